The molecule has 4 aromatic carbocycles. The van der Waals surface area contributed by atoms with Crippen LogP contribution in [0.4, 0.5) is 0 Å². The molecule has 1 aliphatic rings. The van der Waals surface area contributed by atoms with Crippen LogP contribution in [-0.2, 0) is 0 Å². The lowest BCUT2D eigenvalue weighted by Crippen LogP contribution is -2.77. The first-order valence-corrected chi connectivity index (χ1v) is 21.7. The molecule has 0 saturated heterocycles. The highest BCUT2D eigenvalue weighted by atomic mass is 29.6. The third kappa shape index (κ3) is 2.35. The van der Waals surface area contributed by atoms with Crippen molar-refractivity contribution >= 4 is 54.2 Å². The van der Waals surface area contributed by atoms with E-state index in [-0.39, 0.29) is 0 Å². The number of benzene rings is 4. The second-order valence-electron chi connectivity index (χ2n) is 10.3. The van der Waals surface area contributed by atoms with E-state index in [0.717, 1.165) is 0 Å². The van der Waals surface area contributed by atoms with Gasteiger partial charge in [-0.05, 0) is 32.7 Å². The third-order valence-corrected chi connectivity index (χ3v) is 50.0. The van der Waals surface area contributed by atoms with Crippen LogP contribution in [-0.4, -0.2) is 22.3 Å². The lowest BCUT2D eigenvalue weighted by Gasteiger charge is -2.47. The van der Waals surface area contributed by atoms with Gasteiger partial charge in [-0.3, -0.25) is 0 Å². The summed E-state index contributed by atoms with van der Waals surface area (Å²) in [4.78, 5) is 0. The SMILES string of the molecule is C[Si]1(C)c2ccc3ccccc3c2-c2c(ccc3ccccc23)[Si](C)(C)[Si]1(C)C. The first-order chi connectivity index (χ1) is 13.7. The highest BCUT2D eigenvalue weighted by Crippen LogP contribution is 2.41. The Bertz CT molecular complexity index is 1180. The fourth-order valence-corrected chi connectivity index (χ4v) is 37.7. The van der Waals surface area contributed by atoms with Crippen LogP contribution in [0.2, 0.25) is 39.3 Å². The Balaban J connectivity index is 2.11. The molecule has 0 fully saturated rings. The Morgan fingerprint density at radius 1 is 0.448 bits per heavy atom. The molecule has 0 atom stereocenters. The minimum absolute atomic E-state index is 1.37. The van der Waals surface area contributed by atoms with Crippen molar-refractivity contribution in [3.05, 3.63) is 72.8 Å². The summed E-state index contributed by atoms with van der Waals surface area (Å²) in [5, 5.41) is 9.03. The van der Waals surface area contributed by atoms with Gasteiger partial charge in [-0.2, -0.15) is 0 Å². The highest BCUT2D eigenvalue weighted by Gasteiger charge is 2.56. The normalized spacial score (nSPS) is 18.8. The molecule has 0 unspecified atom stereocenters. The molecule has 3 heteroatoms. The average Bonchev–Trinajstić information content (AvgIpc) is 2.74. The largest absolute Gasteiger partial charge is 0.0726 e. The van der Waals surface area contributed by atoms with Gasteiger partial charge in [0.1, 0.15) is 0 Å². The summed E-state index contributed by atoms with van der Waals surface area (Å²) in [6, 6.07) is 27.9. The van der Waals surface area contributed by atoms with Gasteiger partial charge in [-0.1, -0.05) is 122 Å². The lowest BCUT2D eigenvalue weighted by atomic mass is 9.93. The minimum Gasteiger partial charge on any atom is -0.0725 e. The molecule has 0 N–H and O–H groups in total. The molecular weight excluding hydrogens is 397 g/mol. The van der Waals surface area contributed by atoms with E-state index in [1.807, 2.05) is 0 Å². The van der Waals surface area contributed by atoms with Gasteiger partial charge in [-0.25, -0.2) is 0 Å². The predicted molar refractivity (Wildman–Crippen MR) is 139 cm³/mol. The topological polar surface area (TPSA) is 0 Å². The molecular formula is C26H30Si3. The zero-order chi connectivity index (χ0) is 20.6. The van der Waals surface area contributed by atoms with Crippen molar-refractivity contribution in [3.63, 3.8) is 0 Å². The van der Waals surface area contributed by atoms with Gasteiger partial charge in [0.25, 0.3) is 0 Å². The van der Waals surface area contributed by atoms with Crippen molar-refractivity contribution in [3.8, 4) is 11.1 Å². The molecule has 1 heterocycles. The van der Waals surface area contributed by atoms with Crippen LogP contribution < -0.4 is 10.4 Å². The molecule has 29 heavy (non-hydrogen) atoms. The lowest BCUT2D eigenvalue weighted by molar-refractivity contribution is 1.71. The molecule has 0 saturated carbocycles. The van der Waals surface area contributed by atoms with E-state index in [0.29, 0.717) is 0 Å². The standard InChI is InChI=1S/C26H30Si3/c1-27(2)23-17-15-19-11-7-9-13-21(19)25(23)26-22-14-10-8-12-20(22)16-18-24(26)28(3,4)29(27,5)6/h7-18H,1-6H3. The Labute approximate surface area is 177 Å². The Morgan fingerprint density at radius 3 is 1.24 bits per heavy atom. The summed E-state index contributed by atoms with van der Waals surface area (Å²) >= 11 is 0. The van der Waals surface area contributed by atoms with Crippen molar-refractivity contribution in [2.45, 2.75) is 39.3 Å². The van der Waals surface area contributed by atoms with Gasteiger partial charge in [0.15, 0.2) is 0 Å². The number of rotatable bonds is 0. The van der Waals surface area contributed by atoms with Crippen LogP contribution in [0.5, 0.6) is 0 Å². The second-order valence-corrected chi connectivity index (χ2v) is 37.6. The molecule has 0 aromatic heterocycles. The Kier molecular flexibility index (Phi) is 3.96. The van der Waals surface area contributed by atoms with E-state index in [4.69, 9.17) is 0 Å². The fourth-order valence-electron chi connectivity index (χ4n) is 5.58. The van der Waals surface area contributed by atoms with E-state index in [9.17, 15) is 0 Å². The van der Waals surface area contributed by atoms with Gasteiger partial charge in [0.2, 0.25) is 0 Å². The smallest absolute Gasteiger partial charge is 0.0725 e. The van der Waals surface area contributed by atoms with Gasteiger partial charge in [0.05, 0.1) is 15.2 Å². The average molecular weight is 427 g/mol. The van der Waals surface area contributed by atoms with Crippen molar-refractivity contribution in [2.75, 3.05) is 0 Å². The maximum atomic E-state index is 2.72. The molecule has 0 aliphatic carbocycles. The molecule has 5 rings (SSSR count). The van der Waals surface area contributed by atoms with Crippen molar-refractivity contribution in [1.82, 2.24) is 0 Å². The Morgan fingerprint density at radius 2 is 0.828 bits per heavy atom. The maximum absolute atomic E-state index is 2.72. The second kappa shape index (κ2) is 6.03. The van der Waals surface area contributed by atoms with Gasteiger partial charge >= 0.3 is 0 Å². The molecule has 1 aliphatic heterocycles. The Hall–Kier alpha value is -1.95. The van der Waals surface area contributed by atoms with Crippen LogP contribution >= 0.6 is 0 Å². The summed E-state index contributed by atoms with van der Waals surface area (Å²) < 4.78 is 0. The van der Waals surface area contributed by atoms with E-state index in [1.165, 1.54) is 21.5 Å². The first-order valence-electron chi connectivity index (χ1n) is 10.7. The van der Waals surface area contributed by atoms with Gasteiger partial charge in [0, 0.05) is 7.11 Å². The highest BCUT2D eigenvalue weighted by molar-refractivity contribution is 7.73. The molecule has 0 nitrogen and oxygen atoms in total. The summed E-state index contributed by atoms with van der Waals surface area (Å²) in [7, 11) is -4.75. The molecule has 0 amide bonds. The zero-order valence-electron chi connectivity index (χ0n) is 18.4. The number of hydrogen-bond acceptors (Lipinski definition) is 0. The number of fused-ring (bicyclic) bond motifs is 7. The van der Waals surface area contributed by atoms with Crippen LogP contribution in [0.25, 0.3) is 32.7 Å². The van der Waals surface area contributed by atoms with Crippen molar-refractivity contribution in [1.29, 1.82) is 0 Å². The summed E-state index contributed by atoms with van der Waals surface area (Å²) in [6.45, 7) is 16.1. The molecule has 4 aromatic rings. The van der Waals surface area contributed by atoms with E-state index < -0.39 is 22.3 Å². The molecule has 0 spiro atoms. The number of hydrogen-bond donors (Lipinski definition) is 0. The third-order valence-electron chi connectivity index (χ3n) is 8.58. The molecule has 146 valence electrons. The fraction of sp³-hybridized carbons (Fsp3) is 0.231. The summed E-state index contributed by atoms with van der Waals surface area (Å²) in [5.41, 5.74) is 3.12. The van der Waals surface area contributed by atoms with E-state index in [1.54, 1.807) is 21.5 Å². The van der Waals surface area contributed by atoms with Gasteiger partial charge in [-0.15, -0.1) is 0 Å². The van der Waals surface area contributed by atoms with Gasteiger partial charge < -0.3 is 0 Å². The van der Waals surface area contributed by atoms with E-state index in [2.05, 4.69) is 112 Å². The van der Waals surface area contributed by atoms with Crippen molar-refractivity contribution < 1.29 is 0 Å². The van der Waals surface area contributed by atoms with Crippen LogP contribution in [0.15, 0.2) is 72.8 Å². The molecule has 0 bridgehead atoms. The summed E-state index contributed by atoms with van der Waals surface area (Å²) in [6.07, 6.45) is 0. The molecule has 0 radical (unpaired) electrons. The van der Waals surface area contributed by atoms with Crippen LogP contribution in [0.1, 0.15) is 0 Å². The quantitative estimate of drug-likeness (QED) is 0.287. The van der Waals surface area contributed by atoms with Crippen molar-refractivity contribution in [2.24, 2.45) is 0 Å². The monoisotopic (exact) mass is 426 g/mol. The maximum Gasteiger partial charge on any atom is 0.0726 e. The van der Waals surface area contributed by atoms with Crippen LogP contribution in [0, 0.1) is 0 Å². The van der Waals surface area contributed by atoms with Crippen LogP contribution in [0.3, 0.4) is 0 Å². The van der Waals surface area contributed by atoms with E-state index >= 15 is 0 Å². The minimum atomic E-state index is -1.63. The predicted octanol–water partition coefficient (Wildman–Crippen LogP) is 6.37. The summed E-state index contributed by atoms with van der Waals surface area (Å²) in [5.74, 6) is 0. The first kappa shape index (κ1) is 19.0. The zero-order valence-corrected chi connectivity index (χ0v) is 21.4.